The number of carbonyl (C=O) groups is 7. The van der Waals surface area contributed by atoms with Gasteiger partial charge in [0.1, 0.15) is 23.4 Å². The van der Waals surface area contributed by atoms with Crippen LogP contribution in [0.25, 0.3) is 0 Å². The van der Waals surface area contributed by atoms with E-state index < -0.39 is 113 Å². The topological polar surface area (TPSA) is 217 Å². The van der Waals surface area contributed by atoms with E-state index in [4.69, 9.17) is 33.2 Å². The highest BCUT2D eigenvalue weighted by Gasteiger charge is 2.70. The Kier molecular flexibility index (Phi) is 14.2. The molecule has 59 heavy (non-hydrogen) atoms. The number of benzene rings is 1. The maximum Gasteiger partial charge on any atom is 0.340 e. The molecule has 0 radical (unpaired) electrons. The quantitative estimate of drug-likeness (QED) is 0.210. The summed E-state index contributed by atoms with van der Waals surface area (Å²) >= 11 is 0. The van der Waals surface area contributed by atoms with Gasteiger partial charge < -0.3 is 38.3 Å². The Hall–Kier alpha value is -5.90. The van der Waals surface area contributed by atoms with E-state index in [-0.39, 0.29) is 16.7 Å². The fourth-order valence-electron chi connectivity index (χ4n) is 7.99. The van der Waals surface area contributed by atoms with Crippen LogP contribution >= 0.6 is 0 Å². The highest BCUT2D eigenvalue weighted by molar-refractivity contribution is 5.90. The largest absolute Gasteiger partial charge is 0.459 e. The number of fused-ring (bicyclic) bond motifs is 1. The first-order valence-corrected chi connectivity index (χ1v) is 18.9. The average molecular weight is 822 g/mol. The summed E-state index contributed by atoms with van der Waals surface area (Å²) in [4.78, 5) is 96.6. The lowest BCUT2D eigenvalue weighted by atomic mass is 9.71. The average Bonchev–Trinajstić information content (AvgIpc) is 3.36. The highest BCUT2D eigenvalue weighted by atomic mass is 16.6. The zero-order valence-electron chi connectivity index (χ0n) is 34.5. The van der Waals surface area contributed by atoms with Crippen molar-refractivity contribution in [2.45, 2.75) is 117 Å². The van der Waals surface area contributed by atoms with Gasteiger partial charge in [-0.3, -0.25) is 29.0 Å². The predicted octanol–water partition coefficient (Wildman–Crippen LogP) is 4.42. The molecule has 2 aliphatic carbocycles. The van der Waals surface area contributed by atoms with E-state index in [0.29, 0.717) is 0 Å². The second kappa shape index (κ2) is 18.4. The van der Waals surface area contributed by atoms with Crippen molar-refractivity contribution in [1.82, 2.24) is 4.98 Å². The molecule has 10 atom stereocenters. The first-order chi connectivity index (χ1) is 27.5. The molecule has 1 fully saturated rings. The van der Waals surface area contributed by atoms with Crippen LogP contribution in [0.4, 0.5) is 0 Å². The molecule has 1 aromatic heterocycles. The standard InChI is InChI=1S/C43H51NO15/c1-23-18-19-41(8,9)38(58-40(51)31-17-14-20-44-21-31)35(55-27(5)47)34(54-26(4)46)24(2)33(53-25(3)45)32-37(57-39(50)30-15-12-11-13-16-30)42(10,59-29(7)49)22-43(32,52)36(23)56-28(6)48/h11-21,23,32-38,52H,2,22H2,1,3-10H3/b19-18+/t23-,32-,33-,34+,35+,36-,37+,38+,42+,43+/m0/s1. The van der Waals surface area contributed by atoms with E-state index in [0.717, 1.165) is 34.6 Å². The van der Waals surface area contributed by atoms with Crippen molar-refractivity contribution in [3.05, 3.63) is 90.3 Å². The second-order valence-corrected chi connectivity index (χ2v) is 15.6. The maximum atomic E-state index is 13.9. The number of ether oxygens (including phenoxy) is 7. The molecule has 1 aromatic carbocycles. The molecule has 318 valence electrons. The third kappa shape index (κ3) is 10.6. The second-order valence-electron chi connectivity index (χ2n) is 15.6. The lowest BCUT2D eigenvalue weighted by Gasteiger charge is -2.46. The van der Waals surface area contributed by atoms with E-state index in [1.165, 1.54) is 43.6 Å². The van der Waals surface area contributed by atoms with Crippen molar-refractivity contribution in [3.63, 3.8) is 0 Å². The molecule has 4 rings (SSSR count). The van der Waals surface area contributed by atoms with Crippen LogP contribution in [0.5, 0.6) is 0 Å². The monoisotopic (exact) mass is 821 g/mol. The molecule has 0 aliphatic heterocycles. The van der Waals surface area contributed by atoms with Gasteiger partial charge in [0.15, 0.2) is 24.4 Å². The highest BCUT2D eigenvalue weighted by Crippen LogP contribution is 2.54. The summed E-state index contributed by atoms with van der Waals surface area (Å²) in [5.41, 5.74) is -5.96. The molecule has 1 N–H and O–H groups in total. The summed E-state index contributed by atoms with van der Waals surface area (Å²) in [5, 5.41) is 13.3. The van der Waals surface area contributed by atoms with Crippen molar-refractivity contribution in [2.24, 2.45) is 17.3 Å². The minimum Gasteiger partial charge on any atom is -0.459 e. The summed E-state index contributed by atoms with van der Waals surface area (Å²) in [6.07, 6.45) is -4.99. The number of hydrogen-bond acceptors (Lipinski definition) is 16. The van der Waals surface area contributed by atoms with Crippen LogP contribution in [-0.2, 0) is 57.1 Å². The summed E-state index contributed by atoms with van der Waals surface area (Å²) in [6, 6.07) is 10.7. The maximum absolute atomic E-state index is 13.9. The number of carbonyl (C=O) groups excluding carboxylic acids is 7. The van der Waals surface area contributed by atoms with Crippen molar-refractivity contribution in [3.8, 4) is 0 Å². The van der Waals surface area contributed by atoms with Crippen LogP contribution in [0.2, 0.25) is 0 Å². The van der Waals surface area contributed by atoms with Crippen LogP contribution in [0.1, 0.15) is 89.5 Å². The van der Waals surface area contributed by atoms with Crippen LogP contribution in [0.3, 0.4) is 0 Å². The van der Waals surface area contributed by atoms with Crippen molar-refractivity contribution >= 4 is 41.8 Å². The fourth-order valence-corrected chi connectivity index (χ4v) is 7.99. The first-order valence-electron chi connectivity index (χ1n) is 18.9. The van der Waals surface area contributed by atoms with Crippen molar-refractivity contribution in [2.75, 3.05) is 0 Å². The third-order valence-corrected chi connectivity index (χ3v) is 10.3. The Morgan fingerprint density at radius 2 is 1.22 bits per heavy atom. The molecule has 16 nitrogen and oxygen atoms in total. The van der Waals surface area contributed by atoms with Gasteiger partial charge in [0.2, 0.25) is 0 Å². The summed E-state index contributed by atoms with van der Waals surface area (Å²) in [6.45, 7) is 15.8. The van der Waals surface area contributed by atoms with E-state index >= 15 is 0 Å². The van der Waals surface area contributed by atoms with Gasteiger partial charge in [-0.2, -0.15) is 0 Å². The molecule has 0 spiro atoms. The number of pyridine rings is 1. The van der Waals surface area contributed by atoms with Crippen LogP contribution in [0, 0.1) is 17.3 Å². The lowest BCUT2D eigenvalue weighted by molar-refractivity contribution is -0.195. The molecule has 16 heteroatoms. The summed E-state index contributed by atoms with van der Waals surface area (Å²) in [7, 11) is 0. The third-order valence-electron chi connectivity index (χ3n) is 10.3. The Bertz CT molecular complexity index is 1960. The van der Waals surface area contributed by atoms with Crippen molar-refractivity contribution < 1.29 is 71.8 Å². The molecule has 0 bridgehead atoms. The first kappa shape index (κ1) is 45.8. The fraction of sp³-hybridized carbons (Fsp3) is 0.488. The molecule has 0 amide bonds. The summed E-state index contributed by atoms with van der Waals surface area (Å²) in [5.74, 6) is -9.04. The van der Waals surface area contributed by atoms with E-state index in [2.05, 4.69) is 11.6 Å². The Balaban J connectivity index is 2.13. The molecule has 0 unspecified atom stereocenters. The molecular formula is C43H51NO15. The van der Waals surface area contributed by atoms with Gasteiger partial charge in [0.25, 0.3) is 0 Å². The molecule has 2 aromatic rings. The smallest absolute Gasteiger partial charge is 0.340 e. The Labute approximate surface area is 342 Å². The zero-order valence-corrected chi connectivity index (χ0v) is 34.5. The van der Waals surface area contributed by atoms with Gasteiger partial charge >= 0.3 is 41.8 Å². The number of nitrogens with zero attached hydrogens (tertiary/aromatic N) is 1. The van der Waals surface area contributed by atoms with Gasteiger partial charge in [-0.1, -0.05) is 57.7 Å². The zero-order chi connectivity index (χ0) is 44.0. The minimum atomic E-state index is -2.42. The van der Waals surface area contributed by atoms with Gasteiger partial charge in [-0.05, 0) is 31.2 Å². The van der Waals surface area contributed by atoms with Crippen LogP contribution in [0.15, 0.2) is 79.2 Å². The Morgan fingerprint density at radius 1 is 0.678 bits per heavy atom. The number of hydrogen-bond donors (Lipinski definition) is 1. The number of rotatable bonds is 9. The van der Waals surface area contributed by atoms with E-state index in [1.54, 1.807) is 51.1 Å². The SMILES string of the molecule is C=C1[C@@H](OC(C)=O)[C@@H](OC(C)=O)[C@@H](OC(=O)c2cccnc2)C(C)(C)/C=C/[C@H](C)[C@H](OC(C)=O)[C@@]2(O)C[C@@](C)(OC(C)=O)[C@H](OC(=O)c3ccccc3)[C@@H]2[C@H]1OC(C)=O. The Morgan fingerprint density at radius 3 is 1.76 bits per heavy atom. The normalized spacial score (nSPS) is 30.7. The van der Waals surface area contributed by atoms with Gasteiger partial charge in [0.05, 0.1) is 17.0 Å². The molecular weight excluding hydrogens is 770 g/mol. The molecule has 0 saturated heterocycles. The number of aromatic nitrogens is 1. The molecule has 1 heterocycles. The minimum absolute atomic E-state index is 0.0211. The number of aliphatic hydroxyl groups is 1. The van der Waals surface area contributed by atoms with Crippen LogP contribution in [-0.4, -0.2) is 99.7 Å². The predicted molar refractivity (Wildman–Crippen MR) is 206 cm³/mol. The van der Waals surface area contributed by atoms with Crippen LogP contribution < -0.4 is 0 Å². The lowest BCUT2D eigenvalue weighted by Crippen LogP contribution is -2.60. The van der Waals surface area contributed by atoms with Gasteiger partial charge in [-0.25, -0.2) is 9.59 Å². The molecule has 1 saturated carbocycles. The number of esters is 7. The van der Waals surface area contributed by atoms with Gasteiger partial charge in [-0.15, -0.1) is 0 Å². The van der Waals surface area contributed by atoms with Gasteiger partial charge in [0, 0.05) is 70.3 Å². The van der Waals surface area contributed by atoms with Crippen molar-refractivity contribution in [1.29, 1.82) is 0 Å². The summed E-state index contributed by atoms with van der Waals surface area (Å²) < 4.78 is 41.7. The molecule has 2 aliphatic rings. The van der Waals surface area contributed by atoms with E-state index in [9.17, 15) is 38.7 Å². The van der Waals surface area contributed by atoms with E-state index in [1.807, 2.05) is 0 Å².